The predicted molar refractivity (Wildman–Crippen MR) is 112 cm³/mol. The SMILES string of the molecule is CC(=O)c1ccc(S(=O)(=O)N2CC[NH+](CCOc3cc(C)cc(C)c3)CC2)cc1. The maximum Gasteiger partial charge on any atom is 0.243 e. The van der Waals surface area contributed by atoms with Gasteiger partial charge >= 0.3 is 0 Å². The summed E-state index contributed by atoms with van der Waals surface area (Å²) in [7, 11) is -3.52. The average Bonchev–Trinajstić information content (AvgIpc) is 2.68. The van der Waals surface area contributed by atoms with Crippen LogP contribution in [0.4, 0.5) is 0 Å². The average molecular weight is 418 g/mol. The van der Waals surface area contributed by atoms with Gasteiger partial charge in [-0.15, -0.1) is 0 Å². The molecule has 1 aliphatic heterocycles. The second kappa shape index (κ2) is 9.07. The monoisotopic (exact) mass is 417 g/mol. The number of nitrogens with zero attached hydrogens (tertiary/aromatic N) is 1. The van der Waals surface area contributed by atoms with Crippen molar-refractivity contribution in [1.82, 2.24) is 4.31 Å². The second-order valence-electron chi connectivity index (χ2n) is 7.66. The van der Waals surface area contributed by atoms with E-state index in [0.717, 1.165) is 25.4 Å². The van der Waals surface area contributed by atoms with Gasteiger partial charge in [-0.25, -0.2) is 8.42 Å². The Hall–Kier alpha value is -2.22. The van der Waals surface area contributed by atoms with E-state index in [1.54, 1.807) is 12.1 Å². The summed E-state index contributed by atoms with van der Waals surface area (Å²) in [5.74, 6) is 0.811. The molecule has 156 valence electrons. The minimum Gasteiger partial charge on any atom is -0.488 e. The summed E-state index contributed by atoms with van der Waals surface area (Å²) in [5, 5.41) is 0. The molecule has 7 heteroatoms. The van der Waals surface area contributed by atoms with E-state index in [-0.39, 0.29) is 10.7 Å². The van der Waals surface area contributed by atoms with E-state index in [1.165, 1.54) is 39.4 Å². The first-order valence-corrected chi connectivity index (χ1v) is 11.4. The number of sulfonamides is 1. The minimum atomic E-state index is -3.52. The molecule has 1 N–H and O–H groups in total. The molecule has 0 radical (unpaired) electrons. The molecule has 1 fully saturated rings. The Balaban J connectivity index is 1.51. The highest BCUT2D eigenvalue weighted by Gasteiger charge is 2.30. The quantitative estimate of drug-likeness (QED) is 0.693. The van der Waals surface area contributed by atoms with E-state index in [0.29, 0.717) is 25.3 Å². The highest BCUT2D eigenvalue weighted by atomic mass is 32.2. The fourth-order valence-corrected chi connectivity index (χ4v) is 5.07. The number of ketones is 1. The molecule has 2 aromatic carbocycles. The summed E-state index contributed by atoms with van der Waals surface area (Å²) in [6, 6.07) is 12.4. The number of aryl methyl sites for hydroxylation is 2. The standard InChI is InChI=1S/C22H28N2O4S/c1-17-14-18(2)16-21(15-17)28-13-12-23-8-10-24(11-9-23)29(26,27)22-6-4-20(5-7-22)19(3)25/h4-7,14-16H,8-13H2,1-3H3/p+1. The Kier molecular flexibility index (Phi) is 6.72. The Morgan fingerprint density at radius 3 is 2.17 bits per heavy atom. The molecule has 1 saturated heterocycles. The molecule has 0 aromatic heterocycles. The molecular formula is C22H29N2O4S+. The van der Waals surface area contributed by atoms with E-state index in [2.05, 4.69) is 19.9 Å². The van der Waals surface area contributed by atoms with E-state index in [4.69, 9.17) is 4.74 Å². The van der Waals surface area contributed by atoms with Crippen LogP contribution in [-0.4, -0.2) is 57.8 Å². The van der Waals surface area contributed by atoms with Crippen molar-refractivity contribution in [3.05, 3.63) is 59.2 Å². The summed E-state index contributed by atoms with van der Waals surface area (Å²) in [4.78, 5) is 13.0. The van der Waals surface area contributed by atoms with Crippen LogP contribution in [0, 0.1) is 13.8 Å². The summed E-state index contributed by atoms with van der Waals surface area (Å²) < 4.78 is 33.1. The molecule has 0 atom stereocenters. The van der Waals surface area contributed by atoms with Crippen molar-refractivity contribution < 1.29 is 22.8 Å². The zero-order valence-corrected chi connectivity index (χ0v) is 18.1. The molecule has 0 aliphatic carbocycles. The Bertz CT molecular complexity index is 943. The number of piperazine rings is 1. The number of nitrogens with one attached hydrogen (secondary N) is 1. The van der Waals surface area contributed by atoms with Gasteiger partial charge in [-0.2, -0.15) is 4.31 Å². The van der Waals surface area contributed by atoms with Crippen molar-refractivity contribution in [1.29, 1.82) is 0 Å². The van der Waals surface area contributed by atoms with Gasteiger partial charge in [0, 0.05) is 5.56 Å². The van der Waals surface area contributed by atoms with E-state index < -0.39 is 10.0 Å². The maximum atomic E-state index is 12.8. The molecule has 2 aromatic rings. The van der Waals surface area contributed by atoms with Crippen LogP contribution in [0.3, 0.4) is 0 Å². The van der Waals surface area contributed by atoms with Gasteiger partial charge in [0.15, 0.2) is 5.78 Å². The lowest BCUT2D eigenvalue weighted by Crippen LogP contribution is -3.15. The molecule has 1 heterocycles. The Morgan fingerprint density at radius 2 is 1.62 bits per heavy atom. The van der Waals surface area contributed by atoms with E-state index in [1.807, 2.05) is 12.1 Å². The summed E-state index contributed by atoms with van der Waals surface area (Å²) in [6.45, 7) is 9.49. The summed E-state index contributed by atoms with van der Waals surface area (Å²) >= 11 is 0. The molecule has 0 saturated carbocycles. The maximum absolute atomic E-state index is 12.8. The smallest absolute Gasteiger partial charge is 0.243 e. The fraction of sp³-hybridized carbons (Fsp3) is 0.409. The highest BCUT2D eigenvalue weighted by molar-refractivity contribution is 7.89. The van der Waals surface area contributed by atoms with Crippen molar-refractivity contribution in [2.24, 2.45) is 0 Å². The van der Waals surface area contributed by atoms with Crippen LogP contribution >= 0.6 is 0 Å². The highest BCUT2D eigenvalue weighted by Crippen LogP contribution is 2.17. The lowest BCUT2D eigenvalue weighted by Gasteiger charge is -2.31. The largest absolute Gasteiger partial charge is 0.488 e. The molecule has 0 spiro atoms. The number of Topliss-reactive ketones (excluding diaryl/α,β-unsaturated/α-hetero) is 1. The summed E-state index contributed by atoms with van der Waals surface area (Å²) in [5.41, 5.74) is 2.88. The van der Waals surface area contributed by atoms with Crippen LogP contribution in [-0.2, 0) is 10.0 Å². The minimum absolute atomic E-state index is 0.0748. The van der Waals surface area contributed by atoms with Crippen LogP contribution in [0.25, 0.3) is 0 Å². The number of carbonyl (C=O) groups excluding carboxylic acids is 1. The van der Waals surface area contributed by atoms with Gasteiger partial charge in [-0.3, -0.25) is 4.79 Å². The lowest BCUT2D eigenvalue weighted by atomic mass is 10.1. The van der Waals surface area contributed by atoms with Crippen LogP contribution in [0.15, 0.2) is 47.4 Å². The first kappa shape index (κ1) is 21.5. The summed E-state index contributed by atoms with van der Waals surface area (Å²) in [6.07, 6.45) is 0. The van der Waals surface area contributed by atoms with Crippen LogP contribution in [0.5, 0.6) is 5.75 Å². The first-order valence-electron chi connectivity index (χ1n) is 9.91. The predicted octanol–water partition coefficient (Wildman–Crippen LogP) is 1.47. The molecule has 0 unspecified atom stereocenters. The zero-order chi connectivity index (χ0) is 21.0. The van der Waals surface area contributed by atoms with Gasteiger partial charge in [-0.05, 0) is 56.2 Å². The molecule has 0 amide bonds. The van der Waals surface area contributed by atoms with Gasteiger partial charge in [0.05, 0.1) is 31.1 Å². The second-order valence-corrected chi connectivity index (χ2v) is 9.59. The molecule has 29 heavy (non-hydrogen) atoms. The van der Waals surface area contributed by atoms with Crippen LogP contribution < -0.4 is 9.64 Å². The van der Waals surface area contributed by atoms with Gasteiger partial charge < -0.3 is 9.64 Å². The van der Waals surface area contributed by atoms with E-state index >= 15 is 0 Å². The van der Waals surface area contributed by atoms with Crippen molar-refractivity contribution in [3.8, 4) is 5.75 Å². The number of benzene rings is 2. The Labute approximate surface area is 173 Å². The fourth-order valence-electron chi connectivity index (χ4n) is 3.63. The number of carbonyl (C=O) groups is 1. The number of rotatable bonds is 7. The van der Waals surface area contributed by atoms with Gasteiger partial charge in [-0.1, -0.05) is 18.2 Å². The first-order chi connectivity index (χ1) is 13.8. The number of quaternary nitrogens is 1. The molecule has 6 nitrogen and oxygen atoms in total. The van der Waals surface area contributed by atoms with Crippen molar-refractivity contribution >= 4 is 15.8 Å². The third kappa shape index (κ3) is 5.44. The van der Waals surface area contributed by atoms with Crippen LogP contribution in [0.2, 0.25) is 0 Å². The number of hydrogen-bond acceptors (Lipinski definition) is 4. The normalized spacial score (nSPS) is 16.0. The third-order valence-electron chi connectivity index (χ3n) is 5.25. The Morgan fingerprint density at radius 1 is 1.03 bits per heavy atom. The van der Waals surface area contributed by atoms with Gasteiger partial charge in [0.25, 0.3) is 0 Å². The number of ether oxygens (including phenoxy) is 1. The van der Waals surface area contributed by atoms with E-state index in [9.17, 15) is 13.2 Å². The molecule has 0 bridgehead atoms. The van der Waals surface area contributed by atoms with Crippen LogP contribution in [0.1, 0.15) is 28.4 Å². The van der Waals surface area contributed by atoms with Crippen molar-refractivity contribution in [2.45, 2.75) is 25.7 Å². The molecule has 1 aliphatic rings. The van der Waals surface area contributed by atoms with Crippen molar-refractivity contribution in [2.75, 3.05) is 39.3 Å². The lowest BCUT2D eigenvalue weighted by molar-refractivity contribution is -0.903. The topological polar surface area (TPSA) is 68.1 Å². The zero-order valence-electron chi connectivity index (χ0n) is 17.3. The third-order valence-corrected chi connectivity index (χ3v) is 7.16. The number of hydrogen-bond donors (Lipinski definition) is 1. The van der Waals surface area contributed by atoms with Gasteiger partial charge in [0.1, 0.15) is 18.9 Å². The molecular weight excluding hydrogens is 388 g/mol. The molecule has 3 rings (SSSR count). The van der Waals surface area contributed by atoms with Gasteiger partial charge in [0.2, 0.25) is 10.0 Å². The van der Waals surface area contributed by atoms with Crippen molar-refractivity contribution in [3.63, 3.8) is 0 Å².